The molecule has 1 aromatic heterocycles. The van der Waals surface area contributed by atoms with Gasteiger partial charge in [0.15, 0.2) is 5.96 Å². The molecule has 1 saturated carbocycles. The minimum atomic E-state index is 0.517. The number of hydrogen-bond donors (Lipinski definition) is 2. The standard InChI is InChI=1S/C17H29N5S/c1-3-16-20-14(12-23-16)10-19-17(18-2)21-13-8-9-22(11-13)15-6-4-5-7-15/h12-13,15H,3-11H2,1-2H3,(H2,18,19,21). The van der Waals surface area contributed by atoms with E-state index in [0.29, 0.717) is 6.04 Å². The van der Waals surface area contributed by atoms with Gasteiger partial charge in [0.2, 0.25) is 0 Å². The maximum atomic E-state index is 4.60. The number of hydrogen-bond acceptors (Lipinski definition) is 4. The van der Waals surface area contributed by atoms with E-state index in [1.807, 2.05) is 7.05 Å². The molecule has 2 heterocycles. The second-order valence-electron chi connectivity index (χ2n) is 6.58. The normalized spacial score (nSPS) is 23.6. The summed E-state index contributed by atoms with van der Waals surface area (Å²) in [6, 6.07) is 1.35. The predicted octanol–water partition coefficient (Wildman–Crippen LogP) is 2.39. The van der Waals surface area contributed by atoms with Crippen LogP contribution in [0.2, 0.25) is 0 Å². The zero-order chi connectivity index (χ0) is 16.1. The Morgan fingerprint density at radius 1 is 1.39 bits per heavy atom. The van der Waals surface area contributed by atoms with Crippen LogP contribution in [0.25, 0.3) is 0 Å². The summed E-state index contributed by atoms with van der Waals surface area (Å²) >= 11 is 1.74. The quantitative estimate of drug-likeness (QED) is 0.641. The van der Waals surface area contributed by atoms with Crippen LogP contribution in [-0.4, -0.2) is 48.1 Å². The fraction of sp³-hybridized carbons (Fsp3) is 0.765. The van der Waals surface area contributed by atoms with Gasteiger partial charge in [0.05, 0.1) is 17.2 Å². The van der Waals surface area contributed by atoms with Crippen LogP contribution in [0.4, 0.5) is 0 Å². The number of thiazole rings is 1. The Bertz CT molecular complexity index is 521. The molecular formula is C17H29N5S. The molecule has 23 heavy (non-hydrogen) atoms. The van der Waals surface area contributed by atoms with Crippen LogP contribution in [0.3, 0.4) is 0 Å². The monoisotopic (exact) mass is 335 g/mol. The number of nitrogens with zero attached hydrogens (tertiary/aromatic N) is 3. The second kappa shape index (κ2) is 8.11. The maximum absolute atomic E-state index is 4.60. The first-order valence-corrected chi connectivity index (χ1v) is 9.81. The lowest BCUT2D eigenvalue weighted by Crippen LogP contribution is -2.45. The minimum absolute atomic E-state index is 0.517. The molecule has 0 aromatic carbocycles. The van der Waals surface area contributed by atoms with Gasteiger partial charge in [-0.3, -0.25) is 9.89 Å². The van der Waals surface area contributed by atoms with Crippen LogP contribution in [0.5, 0.6) is 0 Å². The lowest BCUT2D eigenvalue weighted by molar-refractivity contribution is 0.242. The van der Waals surface area contributed by atoms with Crippen molar-refractivity contribution in [2.45, 2.75) is 64.1 Å². The van der Waals surface area contributed by atoms with Crippen molar-refractivity contribution in [3.8, 4) is 0 Å². The number of aromatic nitrogens is 1. The van der Waals surface area contributed by atoms with Gasteiger partial charge in [0, 0.05) is 37.6 Å². The van der Waals surface area contributed by atoms with Crippen molar-refractivity contribution in [2.24, 2.45) is 4.99 Å². The molecule has 3 rings (SSSR count). The topological polar surface area (TPSA) is 52.6 Å². The van der Waals surface area contributed by atoms with E-state index in [9.17, 15) is 0 Å². The van der Waals surface area contributed by atoms with Crippen molar-refractivity contribution in [3.05, 3.63) is 16.1 Å². The average molecular weight is 336 g/mol. The zero-order valence-electron chi connectivity index (χ0n) is 14.3. The molecule has 1 aromatic rings. The van der Waals surface area contributed by atoms with E-state index in [1.54, 1.807) is 11.3 Å². The number of nitrogens with one attached hydrogen (secondary N) is 2. The molecule has 2 fully saturated rings. The summed E-state index contributed by atoms with van der Waals surface area (Å²) in [7, 11) is 1.84. The predicted molar refractivity (Wildman–Crippen MR) is 97.1 cm³/mol. The van der Waals surface area contributed by atoms with Crippen LogP contribution in [0.1, 0.15) is 49.7 Å². The van der Waals surface area contributed by atoms with Crippen molar-refractivity contribution in [1.82, 2.24) is 20.5 Å². The Morgan fingerprint density at radius 2 is 2.22 bits per heavy atom. The van der Waals surface area contributed by atoms with Crippen LogP contribution in [0, 0.1) is 0 Å². The minimum Gasteiger partial charge on any atom is -0.352 e. The van der Waals surface area contributed by atoms with Gasteiger partial charge < -0.3 is 10.6 Å². The summed E-state index contributed by atoms with van der Waals surface area (Å²) in [6.45, 7) is 5.27. The SMILES string of the molecule is CCc1nc(CNC(=NC)NC2CCN(C3CCCC3)C2)cs1. The first-order chi connectivity index (χ1) is 11.3. The summed E-state index contributed by atoms with van der Waals surface area (Å²) in [4.78, 5) is 11.6. The highest BCUT2D eigenvalue weighted by molar-refractivity contribution is 7.09. The Kier molecular flexibility index (Phi) is 5.89. The molecule has 6 heteroatoms. The van der Waals surface area contributed by atoms with Crippen LogP contribution in [0.15, 0.2) is 10.4 Å². The maximum Gasteiger partial charge on any atom is 0.191 e. The third-order valence-corrected chi connectivity index (χ3v) is 6.01. The molecule has 1 atom stereocenters. The fourth-order valence-electron chi connectivity index (χ4n) is 3.66. The molecule has 2 N–H and O–H groups in total. The van der Waals surface area contributed by atoms with E-state index in [0.717, 1.165) is 37.2 Å². The Balaban J connectivity index is 1.44. The van der Waals surface area contributed by atoms with Crippen molar-refractivity contribution in [3.63, 3.8) is 0 Å². The van der Waals surface area contributed by atoms with Crippen molar-refractivity contribution >= 4 is 17.3 Å². The summed E-state index contributed by atoms with van der Waals surface area (Å²) in [5, 5.41) is 10.3. The molecule has 1 saturated heterocycles. The number of rotatable bonds is 5. The molecule has 5 nitrogen and oxygen atoms in total. The third-order valence-electron chi connectivity index (χ3n) is 4.96. The fourth-order valence-corrected chi connectivity index (χ4v) is 4.41. The van der Waals surface area contributed by atoms with Gasteiger partial charge in [0.1, 0.15) is 0 Å². The first kappa shape index (κ1) is 16.7. The van der Waals surface area contributed by atoms with E-state index in [1.165, 1.54) is 43.7 Å². The van der Waals surface area contributed by atoms with Gasteiger partial charge in [-0.2, -0.15) is 0 Å². The highest BCUT2D eigenvalue weighted by Crippen LogP contribution is 2.26. The Labute approximate surface area is 143 Å². The van der Waals surface area contributed by atoms with Gasteiger partial charge in [-0.15, -0.1) is 11.3 Å². The lowest BCUT2D eigenvalue weighted by atomic mass is 10.2. The summed E-state index contributed by atoms with van der Waals surface area (Å²) in [5.74, 6) is 0.898. The van der Waals surface area contributed by atoms with Crippen LogP contribution >= 0.6 is 11.3 Å². The summed E-state index contributed by atoms with van der Waals surface area (Å²) < 4.78 is 0. The summed E-state index contributed by atoms with van der Waals surface area (Å²) in [6.07, 6.45) is 7.84. The Morgan fingerprint density at radius 3 is 2.91 bits per heavy atom. The summed E-state index contributed by atoms with van der Waals surface area (Å²) in [5.41, 5.74) is 1.11. The number of likely N-dealkylation sites (tertiary alicyclic amines) is 1. The Hall–Kier alpha value is -1.14. The molecule has 0 spiro atoms. The number of guanidine groups is 1. The van der Waals surface area contributed by atoms with Gasteiger partial charge >= 0.3 is 0 Å². The highest BCUT2D eigenvalue weighted by atomic mass is 32.1. The molecular weight excluding hydrogens is 306 g/mol. The smallest absolute Gasteiger partial charge is 0.191 e. The molecule has 1 aliphatic heterocycles. The third kappa shape index (κ3) is 4.44. The molecule has 1 aliphatic carbocycles. The van der Waals surface area contributed by atoms with Gasteiger partial charge in [-0.25, -0.2) is 4.98 Å². The molecule has 2 aliphatic rings. The number of aliphatic imine (C=N–C) groups is 1. The average Bonchev–Trinajstić information content (AvgIpc) is 3.31. The molecule has 0 amide bonds. The van der Waals surface area contributed by atoms with Gasteiger partial charge in [0.25, 0.3) is 0 Å². The number of aryl methyl sites for hydroxylation is 1. The van der Waals surface area contributed by atoms with E-state index in [-0.39, 0.29) is 0 Å². The molecule has 0 bridgehead atoms. The van der Waals surface area contributed by atoms with Crippen LogP contribution in [-0.2, 0) is 13.0 Å². The highest BCUT2D eigenvalue weighted by Gasteiger charge is 2.30. The van der Waals surface area contributed by atoms with E-state index in [2.05, 4.69) is 37.8 Å². The van der Waals surface area contributed by atoms with Crippen molar-refractivity contribution < 1.29 is 0 Å². The first-order valence-electron chi connectivity index (χ1n) is 8.93. The lowest BCUT2D eigenvalue weighted by Gasteiger charge is -2.24. The van der Waals surface area contributed by atoms with Crippen molar-refractivity contribution in [1.29, 1.82) is 0 Å². The molecule has 128 valence electrons. The van der Waals surface area contributed by atoms with E-state index < -0.39 is 0 Å². The van der Waals surface area contributed by atoms with Crippen LogP contribution < -0.4 is 10.6 Å². The molecule has 0 radical (unpaired) electrons. The largest absolute Gasteiger partial charge is 0.352 e. The second-order valence-corrected chi connectivity index (χ2v) is 7.52. The van der Waals surface area contributed by atoms with Gasteiger partial charge in [-0.05, 0) is 25.7 Å². The zero-order valence-corrected chi connectivity index (χ0v) is 15.2. The molecule has 1 unspecified atom stereocenters. The van der Waals surface area contributed by atoms with E-state index >= 15 is 0 Å². The van der Waals surface area contributed by atoms with E-state index in [4.69, 9.17) is 0 Å². The van der Waals surface area contributed by atoms with Gasteiger partial charge in [-0.1, -0.05) is 19.8 Å². The van der Waals surface area contributed by atoms with Crippen molar-refractivity contribution in [2.75, 3.05) is 20.1 Å².